The minimum atomic E-state index is -4.58. The largest absolute Gasteiger partial charge is 0.467 e. The number of methoxy groups -OCH3 is 1. The lowest BCUT2D eigenvalue weighted by molar-refractivity contribution is -0.144. The summed E-state index contributed by atoms with van der Waals surface area (Å²) >= 11 is 0. The number of alkyl halides is 3. The molecule has 29 heavy (non-hydrogen) atoms. The molecular formula is C21H17F3N2O3. The number of amides is 1. The van der Waals surface area contributed by atoms with Crippen LogP contribution in [0.2, 0.25) is 0 Å². The first-order valence-electron chi connectivity index (χ1n) is 8.69. The van der Waals surface area contributed by atoms with Crippen LogP contribution in [0.15, 0.2) is 60.8 Å². The highest BCUT2D eigenvalue weighted by atomic mass is 19.4. The Bertz CT molecular complexity index is 1050. The Morgan fingerprint density at radius 2 is 1.79 bits per heavy atom. The van der Waals surface area contributed by atoms with Crippen molar-refractivity contribution in [2.75, 3.05) is 7.11 Å². The summed E-state index contributed by atoms with van der Waals surface area (Å²) in [6.07, 6.45) is -3.43. The molecule has 2 aromatic carbocycles. The van der Waals surface area contributed by atoms with Crippen molar-refractivity contribution < 1.29 is 27.5 Å². The normalized spacial score (nSPS) is 12.4. The van der Waals surface area contributed by atoms with E-state index in [1.54, 1.807) is 24.3 Å². The Morgan fingerprint density at radius 3 is 2.52 bits per heavy atom. The van der Waals surface area contributed by atoms with Gasteiger partial charge in [0.05, 0.1) is 23.8 Å². The third-order valence-electron chi connectivity index (χ3n) is 4.42. The Labute approximate surface area is 164 Å². The second-order valence-electron chi connectivity index (χ2n) is 6.29. The minimum absolute atomic E-state index is 0.119. The van der Waals surface area contributed by atoms with Crippen LogP contribution in [0.5, 0.6) is 0 Å². The second kappa shape index (κ2) is 8.30. The van der Waals surface area contributed by atoms with Gasteiger partial charge in [-0.15, -0.1) is 0 Å². The number of benzene rings is 2. The molecule has 0 aliphatic heterocycles. The van der Waals surface area contributed by atoms with Gasteiger partial charge in [0.15, 0.2) is 0 Å². The van der Waals surface area contributed by atoms with E-state index in [4.69, 9.17) is 0 Å². The van der Waals surface area contributed by atoms with E-state index in [2.05, 4.69) is 15.0 Å². The molecular weight excluding hydrogens is 385 g/mol. The van der Waals surface area contributed by atoms with Crippen molar-refractivity contribution in [2.24, 2.45) is 0 Å². The smallest absolute Gasteiger partial charge is 0.416 e. The van der Waals surface area contributed by atoms with Gasteiger partial charge in [0.2, 0.25) is 0 Å². The molecule has 3 rings (SSSR count). The van der Waals surface area contributed by atoms with E-state index in [-0.39, 0.29) is 17.5 Å². The number of fused-ring (bicyclic) bond motifs is 1. The topological polar surface area (TPSA) is 68.3 Å². The zero-order valence-electron chi connectivity index (χ0n) is 15.4. The van der Waals surface area contributed by atoms with E-state index in [1.165, 1.54) is 30.5 Å². The standard InChI is InChI=1S/C21H17F3N2O3/c1-29-20(28)17(12-14-6-2-3-10-16(14)21(22,23)24)26-19(27)15-9-4-7-13-8-5-11-25-18(13)15/h2-11,17H,12H2,1H3,(H,26,27)/t17-/m0/s1. The average Bonchev–Trinajstić information content (AvgIpc) is 2.71. The summed E-state index contributed by atoms with van der Waals surface area (Å²) in [5, 5.41) is 3.20. The van der Waals surface area contributed by atoms with Gasteiger partial charge in [0, 0.05) is 18.0 Å². The maximum atomic E-state index is 13.3. The van der Waals surface area contributed by atoms with E-state index in [0.29, 0.717) is 5.52 Å². The third kappa shape index (κ3) is 4.53. The van der Waals surface area contributed by atoms with Crippen LogP contribution < -0.4 is 5.32 Å². The molecule has 5 nitrogen and oxygen atoms in total. The number of rotatable bonds is 5. The Kier molecular flexibility index (Phi) is 5.81. The van der Waals surface area contributed by atoms with Crippen molar-refractivity contribution in [3.63, 3.8) is 0 Å². The molecule has 0 saturated carbocycles. The number of nitrogens with one attached hydrogen (secondary N) is 1. The lowest BCUT2D eigenvalue weighted by atomic mass is 9.99. The molecule has 0 bridgehead atoms. The molecule has 8 heteroatoms. The zero-order chi connectivity index (χ0) is 21.0. The van der Waals surface area contributed by atoms with Crippen LogP contribution >= 0.6 is 0 Å². The van der Waals surface area contributed by atoms with E-state index in [1.807, 2.05) is 0 Å². The fourth-order valence-corrected chi connectivity index (χ4v) is 3.05. The highest BCUT2D eigenvalue weighted by Gasteiger charge is 2.34. The molecule has 1 aromatic heterocycles. The summed E-state index contributed by atoms with van der Waals surface area (Å²) in [5.41, 5.74) is -0.352. The number of halogens is 3. The molecule has 1 N–H and O–H groups in total. The van der Waals surface area contributed by atoms with E-state index in [0.717, 1.165) is 18.6 Å². The number of esters is 1. The predicted molar refractivity (Wildman–Crippen MR) is 100 cm³/mol. The number of carbonyl (C=O) groups is 2. The average molecular weight is 402 g/mol. The summed E-state index contributed by atoms with van der Waals surface area (Å²) < 4.78 is 44.5. The molecule has 1 atom stereocenters. The summed E-state index contributed by atoms with van der Waals surface area (Å²) in [5.74, 6) is -1.47. The lowest BCUT2D eigenvalue weighted by Crippen LogP contribution is -2.43. The number of hydrogen-bond acceptors (Lipinski definition) is 4. The molecule has 0 unspecified atom stereocenters. The van der Waals surface area contributed by atoms with Gasteiger partial charge in [-0.05, 0) is 23.8 Å². The van der Waals surface area contributed by atoms with Crippen molar-refractivity contribution in [3.8, 4) is 0 Å². The van der Waals surface area contributed by atoms with Crippen LogP contribution in [-0.2, 0) is 22.1 Å². The van der Waals surface area contributed by atoms with Crippen LogP contribution in [0.3, 0.4) is 0 Å². The first kappa shape index (κ1) is 20.3. The zero-order valence-corrected chi connectivity index (χ0v) is 15.4. The first-order chi connectivity index (χ1) is 13.8. The number of carbonyl (C=O) groups excluding carboxylic acids is 2. The summed E-state index contributed by atoms with van der Waals surface area (Å²) in [6.45, 7) is 0. The van der Waals surface area contributed by atoms with Gasteiger partial charge in [-0.25, -0.2) is 4.79 Å². The molecule has 0 aliphatic rings. The summed E-state index contributed by atoms with van der Waals surface area (Å²) in [6, 6.07) is 12.1. The van der Waals surface area contributed by atoms with Crippen molar-refractivity contribution >= 4 is 22.8 Å². The minimum Gasteiger partial charge on any atom is -0.467 e. The third-order valence-corrected chi connectivity index (χ3v) is 4.42. The van der Waals surface area contributed by atoms with E-state index < -0.39 is 29.7 Å². The first-order valence-corrected chi connectivity index (χ1v) is 8.69. The second-order valence-corrected chi connectivity index (χ2v) is 6.29. The molecule has 0 saturated heterocycles. The Hall–Kier alpha value is -3.42. The number of hydrogen-bond donors (Lipinski definition) is 1. The monoisotopic (exact) mass is 402 g/mol. The molecule has 0 radical (unpaired) electrons. The summed E-state index contributed by atoms with van der Waals surface area (Å²) in [4.78, 5) is 29.1. The highest BCUT2D eigenvalue weighted by Crippen LogP contribution is 2.32. The van der Waals surface area contributed by atoms with Crippen molar-refractivity contribution in [1.82, 2.24) is 10.3 Å². The maximum absolute atomic E-state index is 13.3. The number of ether oxygens (including phenoxy) is 1. The molecule has 0 spiro atoms. The van der Waals surface area contributed by atoms with E-state index >= 15 is 0 Å². The van der Waals surface area contributed by atoms with Crippen LogP contribution in [0, 0.1) is 0 Å². The van der Waals surface area contributed by atoms with Gasteiger partial charge in [0.25, 0.3) is 5.91 Å². The Morgan fingerprint density at radius 1 is 1.07 bits per heavy atom. The van der Waals surface area contributed by atoms with Gasteiger partial charge in [0.1, 0.15) is 6.04 Å². The van der Waals surface area contributed by atoms with Crippen LogP contribution in [-0.4, -0.2) is 30.0 Å². The van der Waals surface area contributed by atoms with E-state index in [9.17, 15) is 22.8 Å². The SMILES string of the molecule is COC(=O)[C@H](Cc1ccccc1C(F)(F)F)NC(=O)c1cccc2cccnc12. The lowest BCUT2D eigenvalue weighted by Gasteiger charge is -2.19. The highest BCUT2D eigenvalue weighted by molar-refractivity contribution is 6.06. The van der Waals surface area contributed by atoms with Gasteiger partial charge in [-0.3, -0.25) is 9.78 Å². The van der Waals surface area contributed by atoms with Crippen molar-refractivity contribution in [1.29, 1.82) is 0 Å². The number of pyridine rings is 1. The molecule has 3 aromatic rings. The molecule has 1 amide bonds. The molecule has 1 heterocycles. The van der Waals surface area contributed by atoms with Gasteiger partial charge < -0.3 is 10.1 Å². The Balaban J connectivity index is 1.91. The van der Waals surface area contributed by atoms with Crippen molar-refractivity contribution in [2.45, 2.75) is 18.6 Å². The molecule has 150 valence electrons. The van der Waals surface area contributed by atoms with Crippen LogP contribution in [0.4, 0.5) is 13.2 Å². The van der Waals surface area contributed by atoms with Crippen LogP contribution in [0.25, 0.3) is 10.9 Å². The quantitative estimate of drug-likeness (QED) is 0.660. The molecule has 0 fully saturated rings. The number of nitrogens with zero attached hydrogens (tertiary/aromatic N) is 1. The van der Waals surface area contributed by atoms with Gasteiger partial charge in [-0.1, -0.05) is 36.4 Å². The van der Waals surface area contributed by atoms with Crippen LogP contribution in [0.1, 0.15) is 21.5 Å². The summed E-state index contributed by atoms with van der Waals surface area (Å²) in [7, 11) is 1.11. The van der Waals surface area contributed by atoms with Gasteiger partial charge in [-0.2, -0.15) is 13.2 Å². The molecule has 0 aliphatic carbocycles. The van der Waals surface area contributed by atoms with Crippen molar-refractivity contribution in [3.05, 3.63) is 77.5 Å². The maximum Gasteiger partial charge on any atom is 0.416 e. The predicted octanol–water partition coefficient (Wildman–Crippen LogP) is 3.77. The number of aromatic nitrogens is 1. The fourth-order valence-electron chi connectivity index (χ4n) is 3.05. The fraction of sp³-hybridized carbons (Fsp3) is 0.190. The number of para-hydroxylation sites is 1. The van der Waals surface area contributed by atoms with Gasteiger partial charge >= 0.3 is 12.1 Å².